The van der Waals surface area contributed by atoms with Crippen molar-refractivity contribution in [2.24, 2.45) is 5.10 Å². The molecule has 1 heterocycles. The molecule has 0 aromatic carbocycles. The monoisotopic (exact) mass is 122 g/mol. The van der Waals surface area contributed by atoms with E-state index < -0.39 is 0 Å². The van der Waals surface area contributed by atoms with Crippen LogP contribution in [0.2, 0.25) is 0 Å². The van der Waals surface area contributed by atoms with Gasteiger partial charge < -0.3 is 0 Å². The van der Waals surface area contributed by atoms with Gasteiger partial charge in [-0.2, -0.15) is 5.10 Å². The lowest BCUT2D eigenvalue weighted by Gasteiger charge is -1.92. The van der Waals surface area contributed by atoms with Gasteiger partial charge in [0.25, 0.3) is 0 Å². The van der Waals surface area contributed by atoms with Crippen LogP contribution in [0.4, 0.5) is 5.82 Å². The molecular formula is C5H6N4. The van der Waals surface area contributed by atoms with Crippen LogP contribution in [0.15, 0.2) is 23.7 Å². The van der Waals surface area contributed by atoms with Gasteiger partial charge in [0.15, 0.2) is 5.82 Å². The minimum absolute atomic E-state index is 0.604. The third-order valence-electron chi connectivity index (χ3n) is 0.757. The van der Waals surface area contributed by atoms with Crippen LogP contribution < -0.4 is 5.43 Å². The Balaban J connectivity index is 2.72. The number of anilines is 1. The quantitative estimate of drug-likeness (QED) is 0.459. The second-order valence-corrected chi connectivity index (χ2v) is 1.36. The Morgan fingerprint density at radius 2 is 2.44 bits per heavy atom. The lowest BCUT2D eigenvalue weighted by molar-refractivity contribution is 1.16. The molecule has 9 heavy (non-hydrogen) atoms. The lowest BCUT2D eigenvalue weighted by atomic mass is 10.7. The first kappa shape index (κ1) is 5.68. The van der Waals surface area contributed by atoms with Crippen molar-refractivity contribution in [2.45, 2.75) is 0 Å². The summed E-state index contributed by atoms with van der Waals surface area (Å²) in [6, 6.07) is 0. The molecule has 0 amide bonds. The molecule has 0 bridgehead atoms. The molecule has 0 aliphatic heterocycles. The molecule has 0 saturated carbocycles. The zero-order valence-electron chi connectivity index (χ0n) is 4.78. The van der Waals surface area contributed by atoms with E-state index >= 15 is 0 Å². The van der Waals surface area contributed by atoms with Gasteiger partial charge in [-0.15, -0.1) is 0 Å². The highest BCUT2D eigenvalue weighted by atomic mass is 15.3. The summed E-state index contributed by atoms with van der Waals surface area (Å²) in [6.07, 6.45) is 4.73. The van der Waals surface area contributed by atoms with Crippen molar-refractivity contribution in [3.63, 3.8) is 0 Å². The Labute approximate surface area is 52.7 Å². The summed E-state index contributed by atoms with van der Waals surface area (Å²) >= 11 is 0. The fraction of sp³-hybridized carbons (Fsp3) is 0. The van der Waals surface area contributed by atoms with E-state index in [4.69, 9.17) is 0 Å². The predicted octanol–water partition coefficient (Wildman–Crippen LogP) is 0.504. The van der Waals surface area contributed by atoms with Crippen molar-refractivity contribution in [2.75, 3.05) is 5.43 Å². The van der Waals surface area contributed by atoms with Crippen molar-refractivity contribution in [3.8, 4) is 0 Å². The highest BCUT2D eigenvalue weighted by Gasteiger charge is 1.83. The molecular weight excluding hydrogens is 116 g/mol. The van der Waals surface area contributed by atoms with Gasteiger partial charge in [-0.05, 0) is 0 Å². The Kier molecular flexibility index (Phi) is 1.74. The molecule has 1 aromatic rings. The van der Waals surface area contributed by atoms with Crippen molar-refractivity contribution >= 4 is 12.5 Å². The molecule has 4 heteroatoms. The molecule has 0 saturated heterocycles. The maximum Gasteiger partial charge on any atom is 0.164 e. The standard InChI is InChI=1S/C5H6N4/c1-6-9-5-4-7-2-3-8-5/h2-4H,1H2,(H,8,9). The third kappa shape index (κ3) is 1.49. The predicted molar refractivity (Wildman–Crippen MR) is 35.2 cm³/mol. The van der Waals surface area contributed by atoms with Crippen LogP contribution in [0.3, 0.4) is 0 Å². The van der Waals surface area contributed by atoms with E-state index in [-0.39, 0.29) is 0 Å². The van der Waals surface area contributed by atoms with Crippen LogP contribution in [0, 0.1) is 0 Å². The minimum Gasteiger partial charge on any atom is -0.261 e. The number of aromatic nitrogens is 2. The maximum atomic E-state index is 3.86. The van der Waals surface area contributed by atoms with Crippen molar-refractivity contribution in [1.82, 2.24) is 9.97 Å². The summed E-state index contributed by atoms with van der Waals surface area (Å²) in [5.74, 6) is 0.604. The first-order valence-corrected chi connectivity index (χ1v) is 2.41. The molecule has 46 valence electrons. The van der Waals surface area contributed by atoms with E-state index in [1.807, 2.05) is 0 Å². The van der Waals surface area contributed by atoms with Crippen molar-refractivity contribution < 1.29 is 0 Å². The number of nitrogens with zero attached hydrogens (tertiary/aromatic N) is 3. The molecule has 0 aliphatic rings. The van der Waals surface area contributed by atoms with Crippen LogP contribution in [0.5, 0.6) is 0 Å². The van der Waals surface area contributed by atoms with Crippen LogP contribution in [-0.4, -0.2) is 16.7 Å². The van der Waals surface area contributed by atoms with Gasteiger partial charge in [0, 0.05) is 19.1 Å². The van der Waals surface area contributed by atoms with E-state index in [9.17, 15) is 0 Å². The van der Waals surface area contributed by atoms with Crippen LogP contribution in [0.25, 0.3) is 0 Å². The van der Waals surface area contributed by atoms with E-state index in [0.717, 1.165) is 0 Å². The van der Waals surface area contributed by atoms with Crippen molar-refractivity contribution in [3.05, 3.63) is 18.6 Å². The molecule has 0 aliphatic carbocycles. The summed E-state index contributed by atoms with van der Waals surface area (Å²) < 4.78 is 0. The third-order valence-corrected chi connectivity index (χ3v) is 0.757. The second kappa shape index (κ2) is 2.76. The Morgan fingerprint density at radius 3 is 3.00 bits per heavy atom. The summed E-state index contributed by atoms with van der Waals surface area (Å²) in [4.78, 5) is 7.65. The summed E-state index contributed by atoms with van der Waals surface area (Å²) in [7, 11) is 0. The van der Waals surface area contributed by atoms with Gasteiger partial charge in [0.05, 0.1) is 6.20 Å². The molecule has 1 aromatic heterocycles. The minimum atomic E-state index is 0.604. The Hall–Kier alpha value is -1.45. The number of rotatable bonds is 2. The highest BCUT2D eigenvalue weighted by Crippen LogP contribution is 1.94. The van der Waals surface area contributed by atoms with Gasteiger partial charge in [0.1, 0.15) is 0 Å². The Morgan fingerprint density at radius 1 is 1.56 bits per heavy atom. The summed E-state index contributed by atoms with van der Waals surface area (Å²) in [5.41, 5.74) is 2.55. The molecule has 1 rings (SSSR count). The average molecular weight is 122 g/mol. The molecule has 0 unspecified atom stereocenters. The lowest BCUT2D eigenvalue weighted by Crippen LogP contribution is -1.89. The largest absolute Gasteiger partial charge is 0.261 e. The number of hydrogen-bond acceptors (Lipinski definition) is 4. The van der Waals surface area contributed by atoms with Crippen molar-refractivity contribution in [1.29, 1.82) is 0 Å². The van der Waals surface area contributed by atoms with Gasteiger partial charge in [-0.25, -0.2) is 4.98 Å². The average Bonchev–Trinajstić information content (AvgIpc) is 1.91. The fourth-order valence-electron chi connectivity index (χ4n) is 0.438. The molecule has 0 fully saturated rings. The summed E-state index contributed by atoms with van der Waals surface area (Å²) in [5, 5.41) is 3.40. The van der Waals surface area contributed by atoms with E-state index in [1.165, 1.54) is 0 Å². The zero-order valence-corrected chi connectivity index (χ0v) is 4.78. The van der Waals surface area contributed by atoms with Gasteiger partial charge >= 0.3 is 0 Å². The number of hydrazone groups is 1. The van der Waals surface area contributed by atoms with E-state index in [0.29, 0.717) is 5.82 Å². The summed E-state index contributed by atoms with van der Waals surface area (Å²) in [6.45, 7) is 3.23. The number of nitrogens with one attached hydrogen (secondary N) is 1. The highest BCUT2D eigenvalue weighted by molar-refractivity contribution is 5.34. The molecule has 0 spiro atoms. The topological polar surface area (TPSA) is 50.2 Å². The van der Waals surface area contributed by atoms with Gasteiger partial charge in [-0.3, -0.25) is 10.4 Å². The van der Waals surface area contributed by atoms with Crippen LogP contribution >= 0.6 is 0 Å². The fourth-order valence-corrected chi connectivity index (χ4v) is 0.438. The zero-order chi connectivity index (χ0) is 6.53. The SMILES string of the molecule is C=NNc1cnccn1. The maximum absolute atomic E-state index is 3.86. The normalized spacial score (nSPS) is 8.44. The Bertz CT molecular complexity index is 183. The number of hydrogen-bond donors (Lipinski definition) is 1. The van der Waals surface area contributed by atoms with Crippen LogP contribution in [0.1, 0.15) is 0 Å². The molecule has 0 atom stereocenters. The van der Waals surface area contributed by atoms with E-state index in [2.05, 4.69) is 27.2 Å². The van der Waals surface area contributed by atoms with Gasteiger partial charge in [-0.1, -0.05) is 0 Å². The molecule has 4 nitrogen and oxygen atoms in total. The molecule has 0 radical (unpaired) electrons. The second-order valence-electron chi connectivity index (χ2n) is 1.36. The smallest absolute Gasteiger partial charge is 0.164 e. The molecule has 1 N–H and O–H groups in total. The first-order valence-electron chi connectivity index (χ1n) is 2.41. The first-order chi connectivity index (χ1) is 4.43. The van der Waals surface area contributed by atoms with Gasteiger partial charge in [0.2, 0.25) is 0 Å². The van der Waals surface area contributed by atoms with Crippen LogP contribution in [-0.2, 0) is 0 Å². The van der Waals surface area contributed by atoms with E-state index in [1.54, 1.807) is 18.6 Å².